The van der Waals surface area contributed by atoms with E-state index in [1.807, 2.05) is 0 Å². The molecule has 12 aromatic carbocycles. The van der Waals surface area contributed by atoms with Crippen molar-refractivity contribution in [3.05, 3.63) is 297 Å². The van der Waals surface area contributed by atoms with Gasteiger partial charge in [0.15, 0.2) is 8.07 Å². The monoisotopic (exact) mass is 935 g/mol. The van der Waals surface area contributed by atoms with Gasteiger partial charge >= 0.3 is 0 Å². The summed E-state index contributed by atoms with van der Waals surface area (Å²) in [6, 6.07) is 109. The van der Waals surface area contributed by atoms with Crippen molar-refractivity contribution < 1.29 is 0 Å². The molecule has 0 saturated carbocycles. The van der Waals surface area contributed by atoms with Gasteiger partial charge in [0.1, 0.15) is 0 Å². The molecular formula is C68H49N3Si. The Morgan fingerprint density at radius 2 is 0.667 bits per heavy atom. The number of aromatic nitrogens is 1. The van der Waals surface area contributed by atoms with E-state index in [0.29, 0.717) is 0 Å². The highest BCUT2D eigenvalue weighted by Crippen LogP contribution is 2.47. The summed E-state index contributed by atoms with van der Waals surface area (Å²) in [4.78, 5) is 4.75. The van der Waals surface area contributed by atoms with E-state index in [1.165, 1.54) is 64.5 Å². The summed E-state index contributed by atoms with van der Waals surface area (Å²) in [6.45, 7) is 0. The highest BCUT2D eigenvalue weighted by molar-refractivity contribution is 7.19. The van der Waals surface area contributed by atoms with Crippen LogP contribution in [0.1, 0.15) is 0 Å². The Labute approximate surface area is 421 Å². The van der Waals surface area contributed by atoms with E-state index in [9.17, 15) is 0 Å². The average molecular weight is 936 g/mol. The van der Waals surface area contributed by atoms with E-state index in [0.717, 1.165) is 39.8 Å². The Morgan fingerprint density at radius 1 is 0.264 bits per heavy atom. The minimum Gasteiger partial charge on any atom is -0.311 e. The highest BCUT2D eigenvalue weighted by Gasteiger charge is 2.41. The van der Waals surface area contributed by atoms with Gasteiger partial charge in [-0.25, -0.2) is 0 Å². The van der Waals surface area contributed by atoms with E-state index >= 15 is 0 Å². The molecule has 0 spiro atoms. The zero-order valence-corrected chi connectivity index (χ0v) is 40.6. The maximum atomic E-state index is 2.43. The molecule has 1 aromatic heterocycles. The first-order valence-electron chi connectivity index (χ1n) is 24.8. The molecule has 0 fully saturated rings. The number of nitrogens with zero attached hydrogens (tertiary/aromatic N) is 3. The van der Waals surface area contributed by atoms with Crippen molar-refractivity contribution in [2.45, 2.75) is 0 Å². The van der Waals surface area contributed by atoms with Crippen molar-refractivity contribution in [2.75, 3.05) is 9.80 Å². The van der Waals surface area contributed by atoms with E-state index < -0.39 is 8.07 Å². The van der Waals surface area contributed by atoms with Crippen LogP contribution in [0.4, 0.5) is 34.1 Å². The molecule has 0 unspecified atom stereocenters. The summed E-state index contributed by atoms with van der Waals surface area (Å²) in [5.41, 5.74) is 12.5. The third kappa shape index (κ3) is 7.28. The number of benzene rings is 12. The number of rotatable bonds is 12. The fourth-order valence-corrected chi connectivity index (χ4v) is 16.0. The minimum atomic E-state index is -2.65. The first-order chi connectivity index (χ1) is 35.7. The Bertz CT molecular complexity index is 3780. The van der Waals surface area contributed by atoms with Crippen LogP contribution in [-0.4, -0.2) is 12.6 Å². The van der Waals surface area contributed by atoms with E-state index in [1.54, 1.807) is 0 Å². The van der Waals surface area contributed by atoms with Gasteiger partial charge in [-0.2, -0.15) is 0 Å². The molecule has 72 heavy (non-hydrogen) atoms. The van der Waals surface area contributed by atoms with Crippen molar-refractivity contribution in [2.24, 2.45) is 0 Å². The lowest BCUT2D eigenvalue weighted by Gasteiger charge is -2.34. The van der Waals surface area contributed by atoms with E-state index in [-0.39, 0.29) is 0 Å². The molecule has 3 nitrogen and oxygen atoms in total. The fraction of sp³-hybridized carbons (Fsp3) is 0. The van der Waals surface area contributed by atoms with Gasteiger partial charge in [0.2, 0.25) is 0 Å². The van der Waals surface area contributed by atoms with Crippen LogP contribution >= 0.6 is 0 Å². The quantitative estimate of drug-likeness (QED) is 0.0687. The Morgan fingerprint density at radius 3 is 1.18 bits per heavy atom. The van der Waals surface area contributed by atoms with Crippen LogP contribution in [0.3, 0.4) is 0 Å². The molecule has 0 atom stereocenters. The van der Waals surface area contributed by atoms with Crippen LogP contribution in [-0.2, 0) is 0 Å². The minimum absolute atomic E-state index is 1.07. The van der Waals surface area contributed by atoms with Gasteiger partial charge in [0.25, 0.3) is 0 Å². The average Bonchev–Trinajstić information content (AvgIpc) is 3.81. The van der Waals surface area contributed by atoms with Gasteiger partial charge in [-0.3, -0.25) is 0 Å². The summed E-state index contributed by atoms with van der Waals surface area (Å²) in [7, 11) is -2.65. The Hall–Kier alpha value is -9.22. The largest absolute Gasteiger partial charge is 0.311 e. The van der Waals surface area contributed by atoms with Gasteiger partial charge in [0, 0.05) is 50.3 Å². The van der Waals surface area contributed by atoms with Gasteiger partial charge in [-0.15, -0.1) is 0 Å². The maximum absolute atomic E-state index is 2.65. The lowest BCUT2D eigenvalue weighted by molar-refractivity contribution is 1.18. The predicted octanol–water partition coefficient (Wildman–Crippen LogP) is 15.4. The van der Waals surface area contributed by atoms with Crippen LogP contribution in [0.5, 0.6) is 0 Å². The topological polar surface area (TPSA) is 11.4 Å². The third-order valence-electron chi connectivity index (χ3n) is 14.5. The van der Waals surface area contributed by atoms with Crippen molar-refractivity contribution in [1.82, 2.24) is 4.57 Å². The zero-order valence-electron chi connectivity index (χ0n) is 39.6. The van der Waals surface area contributed by atoms with Gasteiger partial charge in [-0.05, 0) is 128 Å². The molecule has 0 saturated heterocycles. The molecule has 0 bridgehead atoms. The standard InChI is InChI=1S/C68H49N3Si/c1-7-21-53(22-8-1)69(54-23-9-2-10-24-54)56-41-43-58(44-42-56)70(64-48-49-66-68-63(64)47-38-52-20-19-33-65(67(52)68)71(66)55-25-11-3-12-26-55)57-39-34-50(35-40-57)51-36-45-62(46-37-51)72(59-27-13-4-14-28-59,60-29-15-5-16-30-60)61-31-17-6-18-32-61/h1-49H. The molecule has 0 N–H and O–H groups in total. The molecule has 1 heterocycles. The van der Waals surface area contributed by atoms with Crippen molar-refractivity contribution in [1.29, 1.82) is 0 Å². The van der Waals surface area contributed by atoms with Crippen LogP contribution in [0.25, 0.3) is 49.4 Å². The molecule has 0 radical (unpaired) electrons. The van der Waals surface area contributed by atoms with Gasteiger partial charge in [-0.1, -0.05) is 206 Å². The normalized spacial score (nSPS) is 11.6. The van der Waals surface area contributed by atoms with Crippen molar-refractivity contribution in [3.8, 4) is 16.8 Å². The maximum Gasteiger partial charge on any atom is 0.179 e. The number of anilines is 6. The van der Waals surface area contributed by atoms with Gasteiger partial charge in [0.05, 0.1) is 16.7 Å². The number of hydrogen-bond acceptors (Lipinski definition) is 2. The Kier molecular flexibility index (Phi) is 10.9. The molecule has 340 valence electrons. The molecule has 4 heteroatoms. The second kappa shape index (κ2) is 18.3. The van der Waals surface area contributed by atoms with Crippen molar-refractivity contribution in [3.63, 3.8) is 0 Å². The molecule has 0 amide bonds. The second-order valence-corrected chi connectivity index (χ2v) is 22.3. The lowest BCUT2D eigenvalue weighted by atomic mass is 9.99. The molecule has 13 rings (SSSR count). The first kappa shape index (κ1) is 42.8. The lowest BCUT2D eigenvalue weighted by Crippen LogP contribution is -2.74. The smallest absolute Gasteiger partial charge is 0.179 e. The molecule has 13 aromatic rings. The fourth-order valence-electron chi connectivity index (χ4n) is 11.3. The van der Waals surface area contributed by atoms with E-state index in [4.69, 9.17) is 0 Å². The summed E-state index contributed by atoms with van der Waals surface area (Å²) in [5.74, 6) is 0. The summed E-state index contributed by atoms with van der Waals surface area (Å²) in [5, 5.41) is 10.4. The van der Waals surface area contributed by atoms with Crippen LogP contribution in [0, 0.1) is 0 Å². The number of hydrogen-bond donors (Lipinski definition) is 0. The highest BCUT2D eigenvalue weighted by atomic mass is 28.3. The second-order valence-electron chi connectivity index (χ2n) is 18.5. The van der Waals surface area contributed by atoms with E-state index in [2.05, 4.69) is 312 Å². The molecule has 0 aliphatic carbocycles. The SMILES string of the molecule is c1ccc(N(c2ccccc2)c2ccc(N(c3ccc(-c4ccc([Si](c5ccccc5)(c5ccccc5)c5ccccc5)cc4)cc3)c3ccc4c5c3ccc3cccc(c35)n4-c3ccccc3)cc2)cc1. The van der Waals surface area contributed by atoms with Crippen LogP contribution < -0.4 is 30.5 Å². The molecule has 0 aliphatic rings. The third-order valence-corrected chi connectivity index (χ3v) is 19.3. The first-order valence-corrected chi connectivity index (χ1v) is 26.8. The zero-order chi connectivity index (χ0) is 47.8. The number of para-hydroxylation sites is 3. The van der Waals surface area contributed by atoms with Crippen molar-refractivity contribution >= 4 is 95.5 Å². The van der Waals surface area contributed by atoms with Crippen LogP contribution in [0.2, 0.25) is 0 Å². The van der Waals surface area contributed by atoms with Gasteiger partial charge < -0.3 is 14.4 Å². The summed E-state index contributed by atoms with van der Waals surface area (Å²) < 4.78 is 2.42. The predicted molar refractivity (Wildman–Crippen MR) is 308 cm³/mol. The summed E-state index contributed by atoms with van der Waals surface area (Å²) in [6.07, 6.45) is 0. The molecular weight excluding hydrogens is 887 g/mol. The van der Waals surface area contributed by atoms with Crippen LogP contribution in [0.15, 0.2) is 297 Å². The Balaban J connectivity index is 0.941. The molecule has 0 aliphatic heterocycles. The summed E-state index contributed by atoms with van der Waals surface area (Å²) >= 11 is 0.